The largest absolute Gasteiger partial charge is 0.716 e. The molecule has 684 valence electrons. The summed E-state index contributed by atoms with van der Waals surface area (Å²) in [5, 5.41) is 85.6. The third-order valence-corrected chi connectivity index (χ3v) is 21.1. The van der Waals surface area contributed by atoms with Crippen LogP contribution < -0.4 is 42.1 Å². The molecule has 0 amide bonds. The molecule has 0 aliphatic carbocycles. The molecule has 0 fully saturated rings. The van der Waals surface area contributed by atoms with Crippen LogP contribution in [0.1, 0.15) is 22.8 Å². The van der Waals surface area contributed by atoms with Crippen molar-refractivity contribution in [2.24, 2.45) is 10.2 Å². The van der Waals surface area contributed by atoms with Crippen molar-refractivity contribution in [2.75, 3.05) is 13.1 Å². The zero-order valence-corrected chi connectivity index (χ0v) is 72.9. The third-order valence-electron chi connectivity index (χ3n) is 20.7. The summed E-state index contributed by atoms with van der Waals surface area (Å²) in [5.41, 5.74) is 22.1. The Labute approximate surface area is 776 Å². The number of terminal acetylenes is 1. The molecular weight excluding hydrogens is 1810 g/mol. The predicted octanol–water partition coefficient (Wildman–Crippen LogP) is 9.35. The molecule has 10 aromatic carbocycles. The first-order valence-electron chi connectivity index (χ1n) is 41.0. The minimum atomic E-state index is -4.97. The number of para-hydroxylation sites is 5. The van der Waals surface area contributed by atoms with Gasteiger partial charge in [-0.3, -0.25) is 65.5 Å². The Morgan fingerprint density at radius 3 is 0.861 bits per heavy atom. The average Bonchev–Trinajstić information content (AvgIpc) is 1.66. The first-order valence-corrected chi connectivity index (χ1v) is 42.7. The predicted molar refractivity (Wildman–Crippen MR) is 496 cm³/mol. The highest BCUT2D eigenvalue weighted by atomic mass is 32.3. The van der Waals surface area contributed by atoms with E-state index in [9.17, 15) is 57.5 Å². The minimum absolute atomic E-state index is 0.00567. The van der Waals surface area contributed by atoms with Crippen LogP contribution in [0.3, 0.4) is 0 Å². The Morgan fingerprint density at radius 1 is 0.372 bits per heavy atom. The molecule has 0 saturated carbocycles. The van der Waals surface area contributed by atoms with Crippen LogP contribution in [-0.2, 0) is 86.9 Å². The second-order valence-electron chi connectivity index (χ2n) is 29.6. The fourth-order valence-corrected chi connectivity index (χ4v) is 14.7. The van der Waals surface area contributed by atoms with E-state index in [-0.39, 0.29) is 108 Å². The first kappa shape index (κ1) is 93.2. The van der Waals surface area contributed by atoms with Crippen molar-refractivity contribution in [3.05, 3.63) is 363 Å². The van der Waals surface area contributed by atoms with Gasteiger partial charge in [-0.1, -0.05) is 97.7 Å². The zero-order valence-electron chi connectivity index (χ0n) is 71.2. The molecule has 0 unspecified atom stereocenters. The number of nitrogens with zero attached hydrogens (tertiary/aromatic N) is 28. The molecule has 9 heterocycles. The molecule has 0 bridgehead atoms. The maximum atomic E-state index is 13.7. The molecule has 44 nitrogen and oxygen atoms in total. The van der Waals surface area contributed by atoms with Crippen LogP contribution in [0, 0.1) is 12.3 Å². The van der Waals surface area contributed by atoms with Crippen molar-refractivity contribution in [1.29, 1.82) is 0 Å². The highest BCUT2D eigenvalue weighted by molar-refractivity contribution is 7.81. The van der Waals surface area contributed by atoms with Gasteiger partial charge in [0.2, 0.25) is 0 Å². The van der Waals surface area contributed by atoms with Gasteiger partial charge in [-0.15, -0.1) is 26.8 Å². The lowest BCUT2D eigenvalue weighted by molar-refractivity contribution is -0.778. The maximum absolute atomic E-state index is 13.7. The Kier molecular flexibility index (Phi) is 29.3. The van der Waals surface area contributed by atoms with E-state index in [0.29, 0.717) is 149 Å². The molecule has 9 aromatic heterocycles. The fourth-order valence-electron chi connectivity index (χ4n) is 14.4. The van der Waals surface area contributed by atoms with Gasteiger partial charge in [0.1, 0.15) is 74.9 Å². The van der Waals surface area contributed by atoms with Gasteiger partial charge in [0, 0.05) is 50.7 Å². The molecule has 137 heavy (non-hydrogen) atoms. The number of hydrogen-bond donors (Lipinski definition) is 3. The molecule has 0 saturated heterocycles. The summed E-state index contributed by atoms with van der Waals surface area (Å²) < 4.78 is 59.4. The van der Waals surface area contributed by atoms with Crippen LogP contribution in [0.15, 0.2) is 302 Å². The highest BCUT2D eigenvalue weighted by Crippen LogP contribution is 2.30. The highest BCUT2D eigenvalue weighted by Gasteiger charge is 2.23. The van der Waals surface area contributed by atoms with Gasteiger partial charge in [-0.25, -0.2) is 38.4 Å². The van der Waals surface area contributed by atoms with Gasteiger partial charge in [0.15, 0.2) is 18.3 Å². The number of azide groups is 2. The smallest absolute Gasteiger partial charge is 0.262 e. The molecule has 0 spiro atoms. The standard InChI is InChI=1S/C36H28N10O9S.C36H28N10O4.C17H12N2O2.C2H4N6.OS/c47-35-29-5-1-3-7-31(29)37-33(23-9-13-27(14-10-23)53-55-49)45(35)21-25-19-43(41-39-25)17-18-44-20-26(40-42-44)22-46-34(38-32-8-4-2-6-30(32)36(46)48)24-11-15-28(16-12-24)54-56(50,51)52;47-27-13-9-23(10-14-27)33-37-31-7-3-1-5-29(31)35(49)45(33)21-25-19-43(41-39-25)17-18-44-20-26(40-42-44)22-46-34(24-11-15-28(48)16-12-24)38-32-8-4-2-6-30(32)36(46)50;1-2-11-19-16(12-7-9-13(20)10-8-12)18-15-6-4-3-5-14(15)17(19)21;3-7-5-1-2-6-8-4;1-2/h1-16,19-20,49H,17-18,21-22H2,(H,50,51,52);1-16,19-20,47-48H,17-18,21-22H2;1,3-10,20H,11H2;1-2H2;/p-2. The van der Waals surface area contributed by atoms with E-state index in [1.165, 1.54) is 50.1 Å². The minimum Gasteiger partial charge on any atom is -0.716 e. The van der Waals surface area contributed by atoms with Crippen LogP contribution in [0.5, 0.6) is 28.7 Å². The van der Waals surface area contributed by atoms with E-state index in [0.717, 1.165) is 5.56 Å². The Morgan fingerprint density at radius 2 is 0.613 bits per heavy atom. The van der Waals surface area contributed by atoms with Gasteiger partial charge in [-0.05, 0) is 193 Å². The fraction of sp³-hybridized carbons (Fsp3) is 0.121. The van der Waals surface area contributed by atoms with E-state index >= 15 is 0 Å². The number of phenolic OH excluding ortho intramolecular Hbond substituents is 3. The molecule has 3 N–H and O–H groups in total. The number of fused-ring (bicyclic) bond motifs is 5. The summed E-state index contributed by atoms with van der Waals surface area (Å²) >= 11 is 2.83. The molecule has 0 aliphatic heterocycles. The van der Waals surface area contributed by atoms with Crippen LogP contribution in [0.25, 0.3) is 132 Å². The van der Waals surface area contributed by atoms with Gasteiger partial charge in [0.05, 0.1) is 138 Å². The molecule has 46 heteroatoms. The van der Waals surface area contributed by atoms with Crippen molar-refractivity contribution in [1.82, 2.24) is 108 Å². The van der Waals surface area contributed by atoms with E-state index < -0.39 is 10.4 Å². The van der Waals surface area contributed by atoms with Crippen molar-refractivity contribution >= 4 is 77.4 Å². The number of aromatic hydroxyl groups is 3. The number of benzene rings is 10. The normalized spacial score (nSPS) is 11.0. The topological polar surface area (TPSA) is 581 Å². The third kappa shape index (κ3) is 22.4. The average molecular weight is 1880 g/mol. The molecular formula is C91H70N28O16S2-2. The second-order valence-corrected chi connectivity index (χ2v) is 30.5. The van der Waals surface area contributed by atoms with Gasteiger partial charge < -0.3 is 34.2 Å². The number of rotatable bonds is 27. The van der Waals surface area contributed by atoms with Gasteiger partial charge >= 0.3 is 0 Å². The van der Waals surface area contributed by atoms with E-state index in [4.69, 9.17) is 41.6 Å². The van der Waals surface area contributed by atoms with Crippen LogP contribution in [0.2, 0.25) is 0 Å². The quantitative estimate of drug-likeness (QED) is 0.00496. The Bertz CT molecular complexity index is 8040. The Balaban J connectivity index is 0.000000160. The summed E-state index contributed by atoms with van der Waals surface area (Å²) in [5.74, 6) is 4.92. The van der Waals surface area contributed by atoms with E-state index in [1.54, 1.807) is 241 Å². The number of hydrogen-bond acceptors (Lipinski definition) is 32. The second kappa shape index (κ2) is 43.0. The molecule has 0 aliphatic rings. The lowest BCUT2D eigenvalue weighted by Gasteiger charge is -2.14. The maximum Gasteiger partial charge on any atom is 0.262 e. The number of aromatic nitrogens is 22. The summed E-state index contributed by atoms with van der Waals surface area (Å²) in [6.07, 6.45) is 12.3. The van der Waals surface area contributed by atoms with Gasteiger partial charge in [-0.2, -0.15) is 4.21 Å². The van der Waals surface area contributed by atoms with Crippen LogP contribution >= 0.6 is 0 Å². The van der Waals surface area contributed by atoms with Crippen molar-refractivity contribution in [3.63, 3.8) is 0 Å². The summed E-state index contributed by atoms with van der Waals surface area (Å²) in [4.78, 5) is 100. The van der Waals surface area contributed by atoms with E-state index in [1.807, 2.05) is 18.2 Å². The van der Waals surface area contributed by atoms with Crippen LogP contribution in [-0.4, -0.2) is 153 Å². The molecule has 19 rings (SSSR count). The molecule has 0 radical (unpaired) electrons. The SMILES string of the molecule is C#CCn1c(-c2ccc(O)cc2)nc2ccccc2c1=O.O=S.O=c1c2ccccc2nc(-c2ccc(O)cc2)n1Cc1cn(CCn2cc(Cn3c(-c4ccc(O)cc4)nc4ccccc4c3=O)nn2)nn1.O=c1c2ccccc2nc(-c2ccc(OO[O-])cc2)n1Cc1cn(CCn2cc(Cn3c(-c4ccc(OS(=O)(=O)[O-])cc4)nc4ccccc4c3=O)nn2)nn1.[N-]=[N+]=NCCN=[N+]=[N-]. The van der Waals surface area contributed by atoms with E-state index in [2.05, 4.69) is 98.8 Å². The lowest BCUT2D eigenvalue weighted by atomic mass is 10.1. The van der Waals surface area contributed by atoms with Crippen molar-refractivity contribution in [3.8, 4) is 98.0 Å². The molecule has 19 aromatic rings. The Hall–Kier alpha value is -18.5. The molecule has 0 atom stereocenters. The number of phenols is 3. The zero-order chi connectivity index (χ0) is 96.1. The van der Waals surface area contributed by atoms with Crippen molar-refractivity contribution < 1.29 is 51.9 Å². The number of aryl methyl sites for hydroxylation is 4. The summed E-state index contributed by atoms with van der Waals surface area (Å²) in [6.45, 7) is 2.47. The van der Waals surface area contributed by atoms with Crippen molar-refractivity contribution in [2.45, 2.75) is 58.9 Å². The monoisotopic (exact) mass is 1870 g/mol. The van der Waals surface area contributed by atoms with Gasteiger partial charge in [0.25, 0.3) is 38.2 Å². The lowest BCUT2D eigenvalue weighted by Crippen LogP contribution is -2.24. The summed E-state index contributed by atoms with van der Waals surface area (Å²) in [6, 6.07) is 66.9. The summed E-state index contributed by atoms with van der Waals surface area (Å²) in [7, 11) is -4.97. The first-order chi connectivity index (χ1) is 66.6. The van der Waals surface area contributed by atoms with Crippen LogP contribution in [0.4, 0.5) is 0 Å².